The van der Waals surface area contributed by atoms with Crippen LogP contribution in [-0.2, 0) is 4.79 Å². The fraction of sp³-hybridized carbons (Fsp3) is 0.214. The molecule has 1 aromatic carbocycles. The third-order valence-electron chi connectivity index (χ3n) is 2.44. The number of nitrogens with zero attached hydrogens (tertiary/aromatic N) is 2. The van der Waals surface area contributed by atoms with Crippen molar-refractivity contribution >= 4 is 39.3 Å². The van der Waals surface area contributed by atoms with Gasteiger partial charge in [0.15, 0.2) is 5.16 Å². The van der Waals surface area contributed by atoms with Crippen molar-refractivity contribution in [1.29, 1.82) is 0 Å². The topological polar surface area (TPSA) is 54.9 Å². The fourth-order valence-corrected chi connectivity index (χ4v) is 2.77. The van der Waals surface area contributed by atoms with E-state index in [4.69, 9.17) is 0 Å². The van der Waals surface area contributed by atoms with E-state index in [0.717, 1.165) is 21.5 Å². The van der Waals surface area contributed by atoms with E-state index >= 15 is 0 Å². The molecule has 1 amide bonds. The average Bonchev–Trinajstić information content (AvgIpc) is 2.38. The van der Waals surface area contributed by atoms with Gasteiger partial charge < -0.3 is 5.32 Å². The molecular formula is C14H14BrN3OS. The van der Waals surface area contributed by atoms with Crippen LogP contribution >= 0.6 is 27.7 Å². The van der Waals surface area contributed by atoms with Crippen molar-refractivity contribution in [1.82, 2.24) is 9.97 Å². The lowest BCUT2D eigenvalue weighted by atomic mass is 10.3. The zero-order chi connectivity index (χ0) is 14.5. The first kappa shape index (κ1) is 15.0. The van der Waals surface area contributed by atoms with Crippen LogP contribution in [0.4, 0.5) is 5.69 Å². The molecule has 0 unspecified atom stereocenters. The highest BCUT2D eigenvalue weighted by molar-refractivity contribution is 9.10. The van der Waals surface area contributed by atoms with Crippen LogP contribution in [0.5, 0.6) is 0 Å². The molecule has 0 bridgehead atoms. The van der Waals surface area contributed by atoms with Crippen molar-refractivity contribution in [2.24, 2.45) is 0 Å². The Balaban J connectivity index is 1.94. The number of hydrogen-bond donors (Lipinski definition) is 1. The second-order valence-electron chi connectivity index (χ2n) is 4.25. The van der Waals surface area contributed by atoms with E-state index in [1.807, 2.05) is 44.2 Å². The summed E-state index contributed by atoms with van der Waals surface area (Å²) in [6.07, 6.45) is 0. The Morgan fingerprint density at radius 2 is 1.90 bits per heavy atom. The van der Waals surface area contributed by atoms with Crippen molar-refractivity contribution < 1.29 is 4.79 Å². The second kappa shape index (κ2) is 6.85. The van der Waals surface area contributed by atoms with Crippen molar-refractivity contribution in [2.75, 3.05) is 11.1 Å². The first-order valence-corrected chi connectivity index (χ1v) is 7.82. The van der Waals surface area contributed by atoms with Gasteiger partial charge in [-0.1, -0.05) is 23.9 Å². The molecule has 2 aromatic rings. The van der Waals surface area contributed by atoms with Gasteiger partial charge in [-0.25, -0.2) is 9.97 Å². The SMILES string of the molecule is Cc1cc(C)nc(SCC(=O)Nc2ccccc2Br)n1. The zero-order valence-electron chi connectivity index (χ0n) is 11.2. The van der Waals surface area contributed by atoms with E-state index in [-0.39, 0.29) is 11.7 Å². The highest BCUT2D eigenvalue weighted by atomic mass is 79.9. The van der Waals surface area contributed by atoms with Crippen LogP contribution in [0.1, 0.15) is 11.4 Å². The molecular weight excluding hydrogens is 338 g/mol. The number of hydrogen-bond acceptors (Lipinski definition) is 4. The number of carbonyl (C=O) groups is 1. The Morgan fingerprint density at radius 1 is 1.25 bits per heavy atom. The van der Waals surface area contributed by atoms with Gasteiger partial charge in [-0.15, -0.1) is 0 Å². The van der Waals surface area contributed by atoms with Gasteiger partial charge in [0.1, 0.15) is 0 Å². The lowest BCUT2D eigenvalue weighted by Gasteiger charge is -2.07. The lowest BCUT2D eigenvalue weighted by molar-refractivity contribution is -0.113. The monoisotopic (exact) mass is 351 g/mol. The van der Waals surface area contributed by atoms with Crippen molar-refractivity contribution in [3.8, 4) is 0 Å². The quantitative estimate of drug-likeness (QED) is 0.675. The molecule has 0 atom stereocenters. The molecule has 0 saturated carbocycles. The summed E-state index contributed by atoms with van der Waals surface area (Å²) >= 11 is 4.73. The lowest BCUT2D eigenvalue weighted by Crippen LogP contribution is -2.14. The number of halogens is 1. The molecule has 20 heavy (non-hydrogen) atoms. The summed E-state index contributed by atoms with van der Waals surface area (Å²) in [7, 11) is 0. The van der Waals surface area contributed by atoms with Crippen LogP contribution in [0.2, 0.25) is 0 Å². The number of aromatic nitrogens is 2. The highest BCUT2D eigenvalue weighted by Gasteiger charge is 2.08. The fourth-order valence-electron chi connectivity index (χ4n) is 1.64. The van der Waals surface area contributed by atoms with E-state index in [0.29, 0.717) is 5.16 Å². The average molecular weight is 352 g/mol. The number of para-hydroxylation sites is 1. The van der Waals surface area contributed by atoms with E-state index in [1.165, 1.54) is 11.8 Å². The minimum atomic E-state index is -0.0790. The smallest absolute Gasteiger partial charge is 0.234 e. The molecule has 4 nitrogen and oxygen atoms in total. The second-order valence-corrected chi connectivity index (χ2v) is 6.05. The Bertz CT molecular complexity index is 613. The van der Waals surface area contributed by atoms with Gasteiger partial charge >= 0.3 is 0 Å². The van der Waals surface area contributed by atoms with Gasteiger partial charge in [-0.2, -0.15) is 0 Å². The molecule has 6 heteroatoms. The van der Waals surface area contributed by atoms with Crippen LogP contribution in [0, 0.1) is 13.8 Å². The van der Waals surface area contributed by atoms with E-state index < -0.39 is 0 Å². The van der Waals surface area contributed by atoms with Crippen LogP contribution in [0.25, 0.3) is 0 Å². The maximum absolute atomic E-state index is 11.9. The third-order valence-corrected chi connectivity index (χ3v) is 3.98. The van der Waals surface area contributed by atoms with Gasteiger partial charge in [0.25, 0.3) is 0 Å². The molecule has 0 aliphatic heterocycles. The van der Waals surface area contributed by atoms with Crippen molar-refractivity contribution in [2.45, 2.75) is 19.0 Å². The molecule has 1 N–H and O–H groups in total. The number of anilines is 1. The number of amides is 1. The van der Waals surface area contributed by atoms with Gasteiger partial charge in [-0.3, -0.25) is 4.79 Å². The van der Waals surface area contributed by atoms with E-state index in [2.05, 4.69) is 31.2 Å². The molecule has 2 rings (SSSR count). The Hall–Kier alpha value is -1.40. The van der Waals surface area contributed by atoms with Crippen LogP contribution < -0.4 is 5.32 Å². The van der Waals surface area contributed by atoms with Crippen LogP contribution in [0.15, 0.2) is 40.0 Å². The van der Waals surface area contributed by atoms with Crippen molar-refractivity contribution in [3.63, 3.8) is 0 Å². The maximum atomic E-state index is 11.9. The summed E-state index contributed by atoms with van der Waals surface area (Å²) in [5.74, 6) is 0.203. The van der Waals surface area contributed by atoms with E-state index in [1.54, 1.807) is 0 Å². The molecule has 0 spiro atoms. The largest absolute Gasteiger partial charge is 0.324 e. The Kier molecular flexibility index (Phi) is 5.14. The molecule has 104 valence electrons. The molecule has 1 heterocycles. The Labute approximate surface area is 130 Å². The molecule has 1 aromatic heterocycles. The summed E-state index contributed by atoms with van der Waals surface area (Å²) < 4.78 is 0.862. The predicted octanol–water partition coefficient (Wildman–Crippen LogP) is 3.59. The number of thioether (sulfide) groups is 1. The highest BCUT2D eigenvalue weighted by Crippen LogP contribution is 2.22. The summed E-state index contributed by atoms with van der Waals surface area (Å²) in [6, 6.07) is 9.42. The first-order valence-electron chi connectivity index (χ1n) is 6.04. The molecule has 0 fully saturated rings. The maximum Gasteiger partial charge on any atom is 0.234 e. The van der Waals surface area contributed by atoms with Crippen LogP contribution in [0.3, 0.4) is 0 Å². The third kappa shape index (κ3) is 4.31. The van der Waals surface area contributed by atoms with Gasteiger partial charge in [-0.05, 0) is 48.0 Å². The van der Waals surface area contributed by atoms with Gasteiger partial charge in [0.2, 0.25) is 5.91 Å². The van der Waals surface area contributed by atoms with E-state index in [9.17, 15) is 4.79 Å². The Morgan fingerprint density at radius 3 is 2.55 bits per heavy atom. The van der Waals surface area contributed by atoms with Crippen LogP contribution in [-0.4, -0.2) is 21.6 Å². The normalized spacial score (nSPS) is 10.3. The minimum Gasteiger partial charge on any atom is -0.324 e. The molecule has 0 aliphatic carbocycles. The molecule has 0 radical (unpaired) electrons. The first-order chi connectivity index (χ1) is 9.54. The number of aryl methyl sites for hydroxylation is 2. The molecule has 0 saturated heterocycles. The zero-order valence-corrected chi connectivity index (χ0v) is 13.6. The summed E-state index contributed by atoms with van der Waals surface area (Å²) in [5, 5.41) is 3.48. The summed E-state index contributed by atoms with van der Waals surface area (Å²) in [6.45, 7) is 3.83. The van der Waals surface area contributed by atoms with Crippen molar-refractivity contribution in [3.05, 3.63) is 46.2 Å². The predicted molar refractivity (Wildman–Crippen MR) is 85.0 cm³/mol. The number of carbonyl (C=O) groups excluding carboxylic acids is 1. The van der Waals surface area contributed by atoms with Gasteiger partial charge in [0, 0.05) is 15.9 Å². The number of benzene rings is 1. The summed E-state index contributed by atoms with van der Waals surface area (Å²) in [5.41, 5.74) is 2.58. The van der Waals surface area contributed by atoms with Gasteiger partial charge in [0.05, 0.1) is 11.4 Å². The minimum absolute atomic E-state index is 0.0790. The number of nitrogens with one attached hydrogen (secondary N) is 1. The standard InChI is InChI=1S/C14H14BrN3OS/c1-9-7-10(2)17-14(16-9)20-8-13(19)18-12-6-4-3-5-11(12)15/h3-7H,8H2,1-2H3,(H,18,19). The number of rotatable bonds is 4. The molecule has 0 aliphatic rings. The summed E-state index contributed by atoms with van der Waals surface area (Å²) in [4.78, 5) is 20.5.